The molecule has 5 heteroatoms. The molecule has 4 rings (SSSR count). The largest absolute Gasteiger partial charge is 0.490 e. The summed E-state index contributed by atoms with van der Waals surface area (Å²) in [5, 5.41) is 4.12. The normalized spacial score (nSPS) is 14.9. The molecule has 0 amide bonds. The molecule has 0 N–H and O–H groups in total. The predicted molar refractivity (Wildman–Crippen MR) is 92.2 cm³/mol. The Morgan fingerprint density at radius 2 is 1.83 bits per heavy atom. The molecule has 3 aromatic rings. The number of benzene rings is 1. The lowest BCUT2D eigenvalue weighted by Crippen LogP contribution is -2.10. The van der Waals surface area contributed by atoms with Crippen molar-refractivity contribution in [1.29, 1.82) is 0 Å². The van der Waals surface area contributed by atoms with Crippen LogP contribution in [0.5, 0.6) is 5.75 Å². The Morgan fingerprint density at radius 3 is 2.50 bits per heavy atom. The molecular formula is C19H20N4O. The summed E-state index contributed by atoms with van der Waals surface area (Å²) in [6.45, 7) is 2.01. The molecule has 1 aromatic carbocycles. The van der Waals surface area contributed by atoms with Gasteiger partial charge in [-0.1, -0.05) is 12.1 Å². The monoisotopic (exact) mass is 320 g/mol. The fourth-order valence-corrected chi connectivity index (χ4v) is 3.22. The van der Waals surface area contributed by atoms with Crippen LogP contribution >= 0.6 is 0 Å². The van der Waals surface area contributed by atoms with Gasteiger partial charge in [0.1, 0.15) is 18.4 Å². The molecule has 0 spiro atoms. The van der Waals surface area contributed by atoms with Crippen LogP contribution in [0.2, 0.25) is 0 Å². The van der Waals surface area contributed by atoms with E-state index in [2.05, 4.69) is 45.4 Å². The van der Waals surface area contributed by atoms with Crippen LogP contribution in [0.4, 0.5) is 0 Å². The second-order valence-corrected chi connectivity index (χ2v) is 6.19. The van der Waals surface area contributed by atoms with Crippen LogP contribution in [-0.4, -0.2) is 25.9 Å². The number of nitrogens with zero attached hydrogens (tertiary/aromatic N) is 4. The van der Waals surface area contributed by atoms with E-state index in [9.17, 15) is 0 Å². The van der Waals surface area contributed by atoms with Gasteiger partial charge in [0, 0.05) is 11.3 Å². The topological polar surface area (TPSA) is 52.8 Å². The zero-order valence-corrected chi connectivity index (χ0v) is 13.7. The van der Waals surface area contributed by atoms with E-state index in [0.29, 0.717) is 6.10 Å². The van der Waals surface area contributed by atoms with Gasteiger partial charge < -0.3 is 4.74 Å². The summed E-state index contributed by atoms with van der Waals surface area (Å²) in [6, 6.07) is 12.3. The third-order valence-electron chi connectivity index (χ3n) is 4.49. The lowest BCUT2D eigenvalue weighted by molar-refractivity contribution is 0.210. The number of rotatable bonds is 4. The van der Waals surface area contributed by atoms with Crippen molar-refractivity contribution in [1.82, 2.24) is 19.7 Å². The minimum absolute atomic E-state index is 0.390. The molecular weight excluding hydrogens is 300 g/mol. The van der Waals surface area contributed by atoms with Crippen molar-refractivity contribution in [2.45, 2.75) is 38.7 Å². The van der Waals surface area contributed by atoms with Crippen LogP contribution in [0.25, 0.3) is 16.9 Å². The smallest absolute Gasteiger partial charge is 0.155 e. The summed E-state index contributed by atoms with van der Waals surface area (Å²) in [7, 11) is 0. The Morgan fingerprint density at radius 1 is 1.04 bits per heavy atom. The van der Waals surface area contributed by atoms with E-state index in [1.54, 1.807) is 11.0 Å². The van der Waals surface area contributed by atoms with E-state index in [4.69, 9.17) is 4.74 Å². The van der Waals surface area contributed by atoms with E-state index < -0.39 is 0 Å². The van der Waals surface area contributed by atoms with Gasteiger partial charge in [-0.15, -0.1) is 0 Å². The highest BCUT2D eigenvalue weighted by Gasteiger charge is 2.16. The van der Waals surface area contributed by atoms with Gasteiger partial charge in [-0.2, -0.15) is 5.10 Å². The summed E-state index contributed by atoms with van der Waals surface area (Å²) in [6.07, 6.45) is 8.46. The van der Waals surface area contributed by atoms with E-state index in [1.165, 1.54) is 32.0 Å². The maximum atomic E-state index is 6.03. The molecule has 2 heterocycles. The lowest BCUT2D eigenvalue weighted by Gasteiger charge is -2.14. The number of aryl methyl sites for hydroxylation is 1. The summed E-state index contributed by atoms with van der Waals surface area (Å²) in [4.78, 5) is 8.59. The third-order valence-corrected chi connectivity index (χ3v) is 4.49. The van der Waals surface area contributed by atoms with E-state index in [-0.39, 0.29) is 0 Å². The second kappa shape index (κ2) is 6.43. The molecule has 0 radical (unpaired) electrons. The first-order chi connectivity index (χ1) is 11.8. The molecule has 1 aliphatic rings. The van der Waals surface area contributed by atoms with Crippen LogP contribution in [0, 0.1) is 6.92 Å². The summed E-state index contributed by atoms with van der Waals surface area (Å²) < 4.78 is 7.69. The Hall–Kier alpha value is -2.69. The van der Waals surface area contributed by atoms with Gasteiger partial charge in [-0.3, -0.25) is 0 Å². The van der Waals surface area contributed by atoms with Crippen molar-refractivity contribution in [3.8, 4) is 22.7 Å². The Bertz CT molecular complexity index is 806. The predicted octanol–water partition coefficient (Wildman–Crippen LogP) is 3.96. The minimum atomic E-state index is 0.390. The molecule has 0 atom stereocenters. The summed E-state index contributed by atoms with van der Waals surface area (Å²) in [5.74, 6) is 1.73. The molecule has 2 aromatic heterocycles. The molecule has 0 saturated heterocycles. The van der Waals surface area contributed by atoms with Crippen LogP contribution < -0.4 is 4.74 Å². The zero-order valence-electron chi connectivity index (χ0n) is 13.7. The van der Waals surface area contributed by atoms with E-state index in [0.717, 1.165) is 28.4 Å². The molecule has 0 unspecified atom stereocenters. The fourth-order valence-electron chi connectivity index (χ4n) is 3.22. The van der Waals surface area contributed by atoms with Gasteiger partial charge in [-0.05, 0) is 62.4 Å². The van der Waals surface area contributed by atoms with Gasteiger partial charge in [0.05, 0.1) is 6.10 Å². The number of ether oxygens (including phenoxy) is 1. The highest BCUT2D eigenvalue weighted by atomic mass is 16.5. The number of hydrogen-bond donors (Lipinski definition) is 0. The lowest BCUT2D eigenvalue weighted by atomic mass is 10.0. The van der Waals surface area contributed by atoms with Gasteiger partial charge in [0.15, 0.2) is 5.82 Å². The van der Waals surface area contributed by atoms with Crippen LogP contribution in [0.1, 0.15) is 31.4 Å². The van der Waals surface area contributed by atoms with Crippen molar-refractivity contribution in [2.75, 3.05) is 0 Å². The van der Waals surface area contributed by atoms with Crippen LogP contribution in [0.15, 0.2) is 49.1 Å². The molecule has 1 aliphatic carbocycles. The molecule has 1 saturated carbocycles. The minimum Gasteiger partial charge on any atom is -0.490 e. The second-order valence-electron chi connectivity index (χ2n) is 6.19. The Kier molecular flexibility index (Phi) is 3.99. The summed E-state index contributed by atoms with van der Waals surface area (Å²) >= 11 is 0. The van der Waals surface area contributed by atoms with Crippen molar-refractivity contribution in [3.05, 3.63) is 54.7 Å². The van der Waals surface area contributed by atoms with Gasteiger partial charge >= 0.3 is 0 Å². The van der Waals surface area contributed by atoms with Crippen molar-refractivity contribution < 1.29 is 4.74 Å². The average molecular weight is 320 g/mol. The van der Waals surface area contributed by atoms with Crippen molar-refractivity contribution >= 4 is 0 Å². The molecule has 1 fully saturated rings. The number of pyridine rings is 1. The summed E-state index contributed by atoms with van der Waals surface area (Å²) in [5.41, 5.74) is 3.22. The quantitative estimate of drug-likeness (QED) is 0.730. The SMILES string of the molecule is Cc1nc(-n2cncn2)ccc1-c1ccc(OC2CCCC2)cc1. The molecule has 0 aliphatic heterocycles. The molecule has 0 bridgehead atoms. The number of hydrogen-bond acceptors (Lipinski definition) is 4. The highest BCUT2D eigenvalue weighted by Crippen LogP contribution is 2.28. The standard InChI is InChI=1S/C19H20N4O/c1-14-18(10-11-19(22-14)23-13-20-12-21-23)15-6-8-17(9-7-15)24-16-4-2-3-5-16/h6-13,16H,2-5H2,1H3. The number of aromatic nitrogens is 4. The zero-order chi connectivity index (χ0) is 16.4. The molecule has 122 valence electrons. The van der Waals surface area contributed by atoms with Crippen LogP contribution in [-0.2, 0) is 0 Å². The molecule has 24 heavy (non-hydrogen) atoms. The van der Waals surface area contributed by atoms with Crippen molar-refractivity contribution in [2.24, 2.45) is 0 Å². The van der Waals surface area contributed by atoms with E-state index >= 15 is 0 Å². The maximum Gasteiger partial charge on any atom is 0.155 e. The van der Waals surface area contributed by atoms with Gasteiger partial charge in [0.2, 0.25) is 0 Å². The van der Waals surface area contributed by atoms with E-state index in [1.807, 2.05) is 13.0 Å². The maximum absolute atomic E-state index is 6.03. The Labute approximate surface area is 141 Å². The van der Waals surface area contributed by atoms with Crippen molar-refractivity contribution in [3.63, 3.8) is 0 Å². The third kappa shape index (κ3) is 3.02. The van der Waals surface area contributed by atoms with Crippen LogP contribution in [0.3, 0.4) is 0 Å². The molecule has 5 nitrogen and oxygen atoms in total. The first kappa shape index (κ1) is 14.9. The first-order valence-electron chi connectivity index (χ1n) is 8.39. The van der Waals surface area contributed by atoms with Gasteiger partial charge in [-0.25, -0.2) is 14.6 Å². The average Bonchev–Trinajstić information content (AvgIpc) is 3.29. The Balaban J connectivity index is 1.54. The van der Waals surface area contributed by atoms with Gasteiger partial charge in [0.25, 0.3) is 0 Å². The first-order valence-corrected chi connectivity index (χ1v) is 8.39. The highest BCUT2D eigenvalue weighted by molar-refractivity contribution is 5.67. The fraction of sp³-hybridized carbons (Fsp3) is 0.316.